The number of imidazole rings is 1. The molecule has 1 aromatic heterocycles. The van der Waals surface area contributed by atoms with Gasteiger partial charge in [0.1, 0.15) is 23.8 Å². The van der Waals surface area contributed by atoms with E-state index < -0.39 is 7.25 Å². The van der Waals surface area contributed by atoms with E-state index in [1.807, 2.05) is 6.07 Å². The van der Waals surface area contributed by atoms with Crippen molar-refractivity contribution in [3.05, 3.63) is 78.4 Å². The quantitative estimate of drug-likeness (QED) is 0.280. The average molecular weight is 392 g/mol. The van der Waals surface area contributed by atoms with Gasteiger partial charge in [-0.1, -0.05) is 64.1 Å². The molecule has 0 aliphatic heterocycles. The summed E-state index contributed by atoms with van der Waals surface area (Å²) in [6.07, 6.45) is 6.44. The van der Waals surface area contributed by atoms with E-state index in [0.717, 1.165) is 0 Å². The predicted octanol–water partition coefficient (Wildman–Crippen LogP) is 6.30. The average Bonchev–Trinajstić information content (AvgIpc) is 3.10. The standard InChI is InChI=1S/C21H25N2.BF4/c1-16(2)19-11-8-12-20(17(3)4)21(19)23-14-13-22(15-23)18-9-6-5-7-10-18;2-1(3,4)5/h5-17H,1-4H3;/q+1;-1. The summed E-state index contributed by atoms with van der Waals surface area (Å²) in [6, 6.07) is 17.1. The summed E-state index contributed by atoms with van der Waals surface area (Å²) >= 11 is 0. The summed E-state index contributed by atoms with van der Waals surface area (Å²) in [5, 5.41) is 0. The van der Waals surface area contributed by atoms with Gasteiger partial charge in [0.15, 0.2) is 0 Å². The first-order chi connectivity index (χ1) is 13.1. The Bertz CT molecular complexity index is 855. The van der Waals surface area contributed by atoms with Gasteiger partial charge in [0.05, 0.1) is 0 Å². The maximum atomic E-state index is 9.75. The molecule has 0 aliphatic rings. The van der Waals surface area contributed by atoms with Crippen LogP contribution in [0.2, 0.25) is 0 Å². The van der Waals surface area contributed by atoms with E-state index in [1.165, 1.54) is 22.5 Å². The Hall–Kier alpha value is -2.57. The van der Waals surface area contributed by atoms with Crippen LogP contribution in [-0.4, -0.2) is 11.8 Å². The van der Waals surface area contributed by atoms with Gasteiger partial charge in [0.2, 0.25) is 0 Å². The van der Waals surface area contributed by atoms with Gasteiger partial charge < -0.3 is 17.3 Å². The molecule has 0 amide bonds. The largest absolute Gasteiger partial charge is 0.673 e. The summed E-state index contributed by atoms with van der Waals surface area (Å²) in [6.45, 7) is 9.05. The van der Waals surface area contributed by atoms with Gasteiger partial charge in [0, 0.05) is 11.1 Å². The van der Waals surface area contributed by atoms with E-state index in [-0.39, 0.29) is 0 Å². The van der Waals surface area contributed by atoms with Crippen molar-refractivity contribution in [1.29, 1.82) is 0 Å². The molecule has 0 atom stereocenters. The van der Waals surface area contributed by atoms with Gasteiger partial charge in [-0.05, 0) is 24.0 Å². The Kier molecular flexibility index (Phi) is 7.05. The molecule has 0 saturated carbocycles. The van der Waals surface area contributed by atoms with E-state index in [9.17, 15) is 17.3 Å². The fraction of sp³-hybridized carbons (Fsp3) is 0.286. The lowest BCUT2D eigenvalue weighted by Crippen LogP contribution is -2.31. The van der Waals surface area contributed by atoms with Gasteiger partial charge in [0.25, 0.3) is 6.33 Å². The normalized spacial score (nSPS) is 11.5. The first-order valence-electron chi connectivity index (χ1n) is 9.23. The molecule has 2 nitrogen and oxygen atoms in total. The van der Waals surface area contributed by atoms with Crippen molar-refractivity contribution in [1.82, 2.24) is 4.57 Å². The molecule has 0 saturated heterocycles. The minimum Gasteiger partial charge on any atom is -0.418 e. The van der Waals surface area contributed by atoms with Crippen LogP contribution < -0.4 is 4.57 Å². The molecule has 3 rings (SSSR count). The van der Waals surface area contributed by atoms with Crippen LogP contribution in [0.1, 0.15) is 50.7 Å². The molecule has 0 N–H and O–H groups in total. The Labute approximate surface area is 163 Å². The van der Waals surface area contributed by atoms with Crippen molar-refractivity contribution in [2.24, 2.45) is 0 Å². The Morgan fingerprint density at radius 3 is 1.75 bits per heavy atom. The summed E-state index contributed by atoms with van der Waals surface area (Å²) in [4.78, 5) is 0. The predicted molar refractivity (Wildman–Crippen MR) is 106 cm³/mol. The second-order valence-corrected chi connectivity index (χ2v) is 7.15. The molecule has 0 fully saturated rings. The summed E-state index contributed by atoms with van der Waals surface area (Å²) in [5.74, 6) is 0.993. The number of para-hydroxylation sites is 2. The monoisotopic (exact) mass is 392 g/mol. The topological polar surface area (TPSA) is 8.81 Å². The molecule has 0 unspecified atom stereocenters. The highest BCUT2D eigenvalue weighted by molar-refractivity contribution is 6.50. The van der Waals surface area contributed by atoms with E-state index >= 15 is 0 Å². The highest BCUT2D eigenvalue weighted by Crippen LogP contribution is 2.27. The molecular formula is C21H25BF4N2. The van der Waals surface area contributed by atoms with Gasteiger partial charge in [-0.3, -0.25) is 0 Å². The van der Waals surface area contributed by atoms with Crippen molar-refractivity contribution in [2.45, 2.75) is 39.5 Å². The first kappa shape index (κ1) is 21.7. The zero-order valence-electron chi connectivity index (χ0n) is 16.5. The number of hydrogen-bond acceptors (Lipinski definition) is 0. The molecule has 7 heteroatoms. The van der Waals surface area contributed by atoms with Crippen molar-refractivity contribution in [2.75, 3.05) is 0 Å². The van der Waals surface area contributed by atoms with Gasteiger partial charge in [-0.15, -0.1) is 0 Å². The summed E-state index contributed by atoms with van der Waals surface area (Å²) < 4.78 is 43.4. The zero-order valence-corrected chi connectivity index (χ0v) is 16.5. The van der Waals surface area contributed by atoms with Crippen LogP contribution in [0.4, 0.5) is 17.3 Å². The molecule has 0 radical (unpaired) electrons. The lowest BCUT2D eigenvalue weighted by molar-refractivity contribution is -0.596. The molecule has 1 heterocycles. The molecule has 150 valence electrons. The highest BCUT2D eigenvalue weighted by atomic mass is 19.5. The van der Waals surface area contributed by atoms with Gasteiger partial charge in [-0.25, -0.2) is 9.13 Å². The fourth-order valence-corrected chi connectivity index (χ4v) is 3.05. The van der Waals surface area contributed by atoms with Crippen LogP contribution in [0.3, 0.4) is 0 Å². The molecule has 0 spiro atoms. The second kappa shape index (κ2) is 9.08. The Morgan fingerprint density at radius 1 is 0.786 bits per heavy atom. The van der Waals surface area contributed by atoms with E-state index in [2.05, 4.69) is 98.0 Å². The van der Waals surface area contributed by atoms with E-state index in [1.54, 1.807) is 0 Å². The summed E-state index contributed by atoms with van der Waals surface area (Å²) in [7, 11) is -6.00. The Morgan fingerprint density at radius 2 is 1.29 bits per heavy atom. The van der Waals surface area contributed by atoms with Crippen LogP contribution >= 0.6 is 0 Å². The highest BCUT2D eigenvalue weighted by Gasteiger charge is 2.21. The van der Waals surface area contributed by atoms with Crippen LogP contribution in [0.5, 0.6) is 0 Å². The second-order valence-electron chi connectivity index (χ2n) is 7.15. The smallest absolute Gasteiger partial charge is 0.418 e. The van der Waals surface area contributed by atoms with Crippen LogP contribution in [0, 0.1) is 0 Å². The van der Waals surface area contributed by atoms with Crippen LogP contribution in [0.25, 0.3) is 11.4 Å². The summed E-state index contributed by atoms with van der Waals surface area (Å²) in [5.41, 5.74) is 5.30. The van der Waals surface area contributed by atoms with E-state index in [0.29, 0.717) is 11.8 Å². The fourth-order valence-electron chi connectivity index (χ4n) is 3.05. The minimum absolute atomic E-state index is 0.497. The molecule has 2 aromatic carbocycles. The lowest BCUT2D eigenvalue weighted by atomic mass is 9.92. The molecule has 0 bridgehead atoms. The SMILES string of the molecule is CC(C)c1cccc(C(C)C)c1-[n+]1ccn(-c2ccccc2)c1.F[B-](F)(F)F. The number of nitrogens with zero attached hydrogens (tertiary/aromatic N) is 2. The maximum absolute atomic E-state index is 9.75. The third-order valence-corrected chi connectivity index (χ3v) is 4.29. The minimum atomic E-state index is -6.00. The van der Waals surface area contributed by atoms with Crippen molar-refractivity contribution >= 4 is 7.25 Å². The van der Waals surface area contributed by atoms with Crippen molar-refractivity contribution < 1.29 is 21.8 Å². The third kappa shape index (κ3) is 5.97. The number of benzene rings is 2. The van der Waals surface area contributed by atoms with Gasteiger partial charge in [-0.2, -0.15) is 0 Å². The molecule has 28 heavy (non-hydrogen) atoms. The van der Waals surface area contributed by atoms with Crippen molar-refractivity contribution in [3.63, 3.8) is 0 Å². The first-order valence-corrected chi connectivity index (χ1v) is 9.23. The number of rotatable bonds is 4. The molecule has 3 aromatic rings. The molecular weight excluding hydrogens is 367 g/mol. The number of halogens is 4. The van der Waals surface area contributed by atoms with Crippen molar-refractivity contribution in [3.8, 4) is 11.4 Å². The van der Waals surface area contributed by atoms with Crippen LogP contribution in [-0.2, 0) is 0 Å². The van der Waals surface area contributed by atoms with E-state index in [4.69, 9.17) is 0 Å². The third-order valence-electron chi connectivity index (χ3n) is 4.29. The number of hydrogen-bond donors (Lipinski definition) is 0. The number of aromatic nitrogens is 2. The maximum Gasteiger partial charge on any atom is 0.673 e. The lowest BCUT2D eigenvalue weighted by Gasteiger charge is -2.16. The van der Waals surface area contributed by atoms with Gasteiger partial charge >= 0.3 is 7.25 Å². The zero-order chi connectivity index (χ0) is 20.9. The Balaban J connectivity index is 0.000000500. The molecule has 0 aliphatic carbocycles. The van der Waals surface area contributed by atoms with Crippen LogP contribution in [0.15, 0.2) is 67.3 Å².